The van der Waals surface area contributed by atoms with Crippen LogP contribution in [-0.4, -0.2) is 0 Å². The number of nitrogens with two attached hydrogens (primary N) is 1. The van der Waals surface area contributed by atoms with Crippen LogP contribution in [0.2, 0.25) is 0 Å². The topological polar surface area (TPSA) is 26.0 Å². The summed E-state index contributed by atoms with van der Waals surface area (Å²) in [6.45, 7) is 2.25. The van der Waals surface area contributed by atoms with E-state index in [0.29, 0.717) is 0 Å². The fourth-order valence-corrected chi connectivity index (χ4v) is 6.39. The predicted octanol–water partition coefficient (Wildman–Crippen LogP) is 5.52. The normalized spacial score (nSPS) is 11.2. The van der Waals surface area contributed by atoms with E-state index in [1.165, 1.54) is 39.7 Å². The highest BCUT2D eigenvalue weighted by Crippen LogP contribution is 2.39. The van der Waals surface area contributed by atoms with Gasteiger partial charge in [-0.3, -0.25) is 0 Å². The Labute approximate surface area is 169 Å². The summed E-state index contributed by atoms with van der Waals surface area (Å²) in [5.74, 6) is 0. The molecule has 28 heavy (non-hydrogen) atoms. The number of nitrogen functional groups attached to an aromatic ring is 1. The van der Waals surface area contributed by atoms with Crippen molar-refractivity contribution in [3.63, 3.8) is 0 Å². The number of anilines is 1. The quantitative estimate of drug-likeness (QED) is 0.344. The number of aryl methyl sites for hydroxylation is 1. The maximum absolute atomic E-state index is 6.88. The zero-order valence-electron chi connectivity index (χ0n) is 16.3. The van der Waals surface area contributed by atoms with E-state index in [2.05, 4.69) is 97.9 Å². The second-order valence-electron chi connectivity index (χ2n) is 7.13. The van der Waals surface area contributed by atoms with Crippen molar-refractivity contribution in [2.45, 2.75) is 26.2 Å². The summed E-state index contributed by atoms with van der Waals surface area (Å²) >= 11 is 0. The fourth-order valence-electron chi connectivity index (χ4n) is 3.81. The Morgan fingerprint density at radius 1 is 0.750 bits per heavy atom. The third-order valence-corrected chi connectivity index (χ3v) is 7.80. The molecule has 0 amide bonds. The molecule has 0 aliphatic carbocycles. The molecule has 4 rings (SSSR count). The second-order valence-corrected chi connectivity index (χ2v) is 9.28. The van der Waals surface area contributed by atoms with Gasteiger partial charge in [-0.25, -0.2) is 0 Å². The first-order valence-corrected chi connectivity index (χ1v) is 11.3. The van der Waals surface area contributed by atoms with Crippen LogP contribution in [0.1, 0.15) is 25.3 Å². The minimum absolute atomic E-state index is 0.702. The van der Waals surface area contributed by atoms with Gasteiger partial charge in [0.2, 0.25) is 0 Å². The Hall–Kier alpha value is -2.63. The monoisotopic (exact) mass is 383 g/mol. The van der Waals surface area contributed by atoms with E-state index in [1.54, 1.807) is 0 Å². The maximum atomic E-state index is 6.88. The summed E-state index contributed by atoms with van der Waals surface area (Å²) in [5.41, 5.74) is 9.23. The van der Waals surface area contributed by atoms with Gasteiger partial charge >= 0.3 is 0 Å². The van der Waals surface area contributed by atoms with Crippen molar-refractivity contribution in [2.75, 3.05) is 5.73 Å². The lowest BCUT2D eigenvalue weighted by Gasteiger charge is -2.25. The van der Waals surface area contributed by atoms with Crippen molar-refractivity contribution in [3.05, 3.63) is 96.6 Å². The van der Waals surface area contributed by atoms with Gasteiger partial charge in [0.05, 0.1) is 0 Å². The molecule has 0 fully saturated rings. The molecule has 0 heterocycles. The first kappa shape index (κ1) is 18.7. The fraction of sp³-hybridized carbons (Fsp3) is 0.154. The van der Waals surface area contributed by atoms with Gasteiger partial charge in [-0.2, -0.15) is 0 Å². The van der Waals surface area contributed by atoms with Crippen LogP contribution in [0, 0.1) is 0 Å². The average molecular weight is 383 g/mol. The summed E-state index contributed by atoms with van der Waals surface area (Å²) in [6, 6.07) is 32.6. The molecule has 140 valence electrons. The Kier molecular flexibility index (Phi) is 5.74. The summed E-state index contributed by atoms with van der Waals surface area (Å²) in [6.07, 6.45) is 3.43. The van der Waals surface area contributed by atoms with Crippen LogP contribution < -0.4 is 21.6 Å². The van der Waals surface area contributed by atoms with Crippen molar-refractivity contribution >= 4 is 40.3 Å². The van der Waals surface area contributed by atoms with Gasteiger partial charge in [0.1, 0.15) is 0 Å². The van der Waals surface area contributed by atoms with Gasteiger partial charge in [0, 0.05) is 16.4 Å². The predicted molar refractivity (Wildman–Crippen MR) is 126 cm³/mol. The first-order chi connectivity index (χ1) is 13.8. The van der Waals surface area contributed by atoms with E-state index >= 15 is 0 Å². The Morgan fingerprint density at radius 3 is 1.93 bits per heavy atom. The molecule has 0 bridgehead atoms. The minimum atomic E-state index is -0.702. The Bertz CT molecular complexity index is 1020. The maximum Gasteiger partial charge on any atom is 0.0481 e. The lowest BCUT2D eigenvalue weighted by atomic mass is 10.0. The molecule has 0 saturated carbocycles. The molecule has 4 aromatic carbocycles. The van der Waals surface area contributed by atoms with E-state index in [1.807, 2.05) is 0 Å². The first-order valence-electron chi connectivity index (χ1n) is 10.00. The second kappa shape index (κ2) is 8.59. The zero-order chi connectivity index (χ0) is 19.3. The number of rotatable bonds is 6. The third kappa shape index (κ3) is 3.68. The van der Waals surface area contributed by atoms with Crippen LogP contribution in [0.4, 0.5) is 5.69 Å². The van der Waals surface area contributed by atoms with Gasteiger partial charge in [-0.15, -0.1) is 0 Å². The largest absolute Gasteiger partial charge is 0.398 e. The van der Waals surface area contributed by atoms with E-state index < -0.39 is 7.92 Å². The average Bonchev–Trinajstić information content (AvgIpc) is 2.76. The van der Waals surface area contributed by atoms with Crippen molar-refractivity contribution in [1.29, 1.82) is 0 Å². The number of fused-ring (bicyclic) bond motifs is 1. The highest BCUT2D eigenvalue weighted by molar-refractivity contribution is 7.80. The van der Waals surface area contributed by atoms with E-state index in [9.17, 15) is 0 Å². The summed E-state index contributed by atoms with van der Waals surface area (Å²) in [7, 11) is -0.702. The molecule has 0 unspecified atom stereocenters. The smallest absolute Gasteiger partial charge is 0.0481 e. The Balaban J connectivity index is 2.00. The molecule has 0 aliphatic heterocycles. The number of benzene rings is 4. The summed E-state index contributed by atoms with van der Waals surface area (Å²) in [5, 5.41) is 6.44. The van der Waals surface area contributed by atoms with Crippen molar-refractivity contribution in [3.8, 4) is 0 Å². The van der Waals surface area contributed by atoms with Gasteiger partial charge < -0.3 is 5.73 Å². The molecule has 1 nitrogen and oxygen atoms in total. The summed E-state index contributed by atoms with van der Waals surface area (Å²) < 4.78 is 0. The molecule has 4 aromatic rings. The lowest BCUT2D eigenvalue weighted by Crippen LogP contribution is -2.26. The summed E-state index contributed by atoms with van der Waals surface area (Å²) in [4.78, 5) is 0. The van der Waals surface area contributed by atoms with Gasteiger partial charge in [0.15, 0.2) is 0 Å². The Morgan fingerprint density at radius 2 is 1.32 bits per heavy atom. The van der Waals surface area contributed by atoms with Crippen LogP contribution >= 0.6 is 7.92 Å². The molecular weight excluding hydrogens is 357 g/mol. The molecule has 0 saturated heterocycles. The van der Waals surface area contributed by atoms with Gasteiger partial charge in [-0.1, -0.05) is 104 Å². The minimum Gasteiger partial charge on any atom is -0.398 e. The highest BCUT2D eigenvalue weighted by Gasteiger charge is 2.23. The number of hydrogen-bond donors (Lipinski definition) is 1. The highest BCUT2D eigenvalue weighted by atomic mass is 31.1. The third-order valence-electron chi connectivity index (χ3n) is 5.19. The van der Waals surface area contributed by atoms with Crippen LogP contribution in [0.15, 0.2) is 91.0 Å². The molecular formula is C26H26NP. The van der Waals surface area contributed by atoms with Crippen molar-refractivity contribution in [1.82, 2.24) is 0 Å². The van der Waals surface area contributed by atoms with Gasteiger partial charge in [0.25, 0.3) is 0 Å². The standard InChI is InChI=1S/C26H26NP/c1-2-3-12-21-19-20-13-10-11-18-24(20)25(27)26(21)28(22-14-6-4-7-15-22)23-16-8-5-9-17-23/h4-11,13-19H,2-3,12,27H2,1H3. The van der Waals surface area contributed by atoms with Crippen LogP contribution in [0.5, 0.6) is 0 Å². The lowest BCUT2D eigenvalue weighted by molar-refractivity contribution is 0.798. The molecule has 0 radical (unpaired) electrons. The van der Waals surface area contributed by atoms with E-state index in [-0.39, 0.29) is 0 Å². The van der Waals surface area contributed by atoms with E-state index in [0.717, 1.165) is 17.5 Å². The van der Waals surface area contributed by atoms with Gasteiger partial charge in [-0.05, 0) is 42.3 Å². The number of unbranched alkanes of at least 4 members (excludes halogenated alkanes) is 1. The van der Waals surface area contributed by atoms with Crippen LogP contribution in [0.25, 0.3) is 10.8 Å². The van der Waals surface area contributed by atoms with E-state index in [4.69, 9.17) is 5.73 Å². The number of hydrogen-bond acceptors (Lipinski definition) is 1. The van der Waals surface area contributed by atoms with Crippen LogP contribution in [0.3, 0.4) is 0 Å². The van der Waals surface area contributed by atoms with Crippen LogP contribution in [-0.2, 0) is 6.42 Å². The molecule has 0 atom stereocenters. The van der Waals surface area contributed by atoms with Crippen molar-refractivity contribution in [2.24, 2.45) is 0 Å². The molecule has 2 heteroatoms. The molecule has 0 aliphatic rings. The van der Waals surface area contributed by atoms with Crippen molar-refractivity contribution < 1.29 is 0 Å². The molecule has 0 spiro atoms. The SMILES string of the molecule is CCCCc1cc2ccccc2c(N)c1P(c1ccccc1)c1ccccc1. The zero-order valence-corrected chi connectivity index (χ0v) is 17.2. The molecule has 2 N–H and O–H groups in total. The molecule has 0 aromatic heterocycles.